The molecule has 0 aliphatic rings. The Labute approximate surface area is 127 Å². The van der Waals surface area contributed by atoms with E-state index in [9.17, 15) is 0 Å². The van der Waals surface area contributed by atoms with Crippen molar-refractivity contribution in [3.05, 3.63) is 60.7 Å². The van der Waals surface area contributed by atoms with Gasteiger partial charge in [0.05, 0.1) is 11.9 Å². The lowest BCUT2D eigenvalue weighted by Gasteiger charge is -2.22. The summed E-state index contributed by atoms with van der Waals surface area (Å²) in [6.45, 7) is 5.03. The molecule has 110 valence electrons. The van der Waals surface area contributed by atoms with Crippen molar-refractivity contribution >= 4 is 17.2 Å². The molecule has 1 N–H and O–H groups in total. The predicted octanol–water partition coefficient (Wildman–Crippen LogP) is 4.04. The van der Waals surface area contributed by atoms with Gasteiger partial charge in [0.15, 0.2) is 0 Å². The number of likely N-dealkylation sites (N-methyl/N-ethyl adjacent to an activating group) is 1. The first-order chi connectivity index (χ1) is 10.1. The van der Waals surface area contributed by atoms with Gasteiger partial charge in [0, 0.05) is 25.0 Å². The van der Waals surface area contributed by atoms with E-state index >= 15 is 0 Å². The molecule has 3 nitrogen and oxygen atoms in total. The Bertz CT molecular complexity index is 564. The van der Waals surface area contributed by atoms with Crippen LogP contribution in [0.15, 0.2) is 65.7 Å². The molecule has 0 aliphatic carbocycles. The van der Waals surface area contributed by atoms with Crippen molar-refractivity contribution in [1.29, 1.82) is 0 Å². The molecule has 1 atom stereocenters. The molecule has 0 fully saturated rings. The summed E-state index contributed by atoms with van der Waals surface area (Å²) >= 11 is 0. The number of anilines is 2. The van der Waals surface area contributed by atoms with E-state index in [0.717, 1.165) is 18.1 Å². The maximum Gasteiger partial charge on any atom is 0.0979 e. The highest BCUT2D eigenvalue weighted by atomic mass is 15.1. The van der Waals surface area contributed by atoms with E-state index in [1.165, 1.54) is 5.69 Å². The molecule has 0 bridgehead atoms. The van der Waals surface area contributed by atoms with Crippen LogP contribution in [0.5, 0.6) is 0 Å². The van der Waals surface area contributed by atoms with Crippen LogP contribution < -0.4 is 10.2 Å². The average Bonchev–Trinajstić information content (AvgIpc) is 2.48. The zero-order chi connectivity index (χ0) is 15.1. The summed E-state index contributed by atoms with van der Waals surface area (Å²) in [5.74, 6) is 0.940. The van der Waals surface area contributed by atoms with Crippen LogP contribution in [0.1, 0.15) is 13.8 Å². The normalized spacial score (nSPS) is 12.8. The minimum atomic E-state index is 0.228. The number of benzene rings is 2. The molecule has 0 aliphatic heterocycles. The highest BCUT2D eigenvalue weighted by Gasteiger charge is 2.06. The first-order valence-electron chi connectivity index (χ1n) is 7.28. The average molecular weight is 281 g/mol. The molecule has 2 aromatic rings. The molecular formula is C18H23N3. The molecule has 0 radical (unpaired) electrons. The maximum absolute atomic E-state index is 4.70. The third-order valence-electron chi connectivity index (χ3n) is 3.25. The number of nitrogens with one attached hydrogen (secondary N) is 1. The van der Waals surface area contributed by atoms with Crippen LogP contribution in [0.3, 0.4) is 0 Å². The summed E-state index contributed by atoms with van der Waals surface area (Å²) in [5, 5.41) is 3.32. The monoisotopic (exact) mass is 281 g/mol. The number of amidine groups is 1. The Balaban J connectivity index is 1.91. The van der Waals surface area contributed by atoms with Crippen molar-refractivity contribution in [2.75, 3.05) is 23.8 Å². The Morgan fingerprint density at radius 3 is 2.24 bits per heavy atom. The van der Waals surface area contributed by atoms with Gasteiger partial charge in [-0.05, 0) is 38.1 Å². The van der Waals surface area contributed by atoms with E-state index in [2.05, 4.69) is 48.5 Å². The number of para-hydroxylation sites is 2. The van der Waals surface area contributed by atoms with Crippen LogP contribution in [0, 0.1) is 0 Å². The molecular weight excluding hydrogens is 258 g/mol. The predicted molar refractivity (Wildman–Crippen MR) is 92.3 cm³/mol. The van der Waals surface area contributed by atoms with Crippen LogP contribution in [0.4, 0.5) is 11.4 Å². The smallest absolute Gasteiger partial charge is 0.0979 e. The number of rotatable bonds is 5. The highest BCUT2D eigenvalue weighted by Crippen LogP contribution is 2.12. The molecule has 1 unspecified atom stereocenters. The Kier molecular flexibility index (Phi) is 5.38. The lowest BCUT2D eigenvalue weighted by atomic mass is 10.2. The van der Waals surface area contributed by atoms with Gasteiger partial charge >= 0.3 is 0 Å². The minimum Gasteiger partial charge on any atom is -0.372 e. The number of nitrogens with zero attached hydrogens (tertiary/aromatic N) is 2. The number of hydrogen-bond donors (Lipinski definition) is 1. The Morgan fingerprint density at radius 2 is 1.62 bits per heavy atom. The zero-order valence-electron chi connectivity index (χ0n) is 13.0. The van der Waals surface area contributed by atoms with E-state index in [1.807, 2.05) is 43.3 Å². The van der Waals surface area contributed by atoms with Gasteiger partial charge in [-0.3, -0.25) is 4.99 Å². The van der Waals surface area contributed by atoms with Crippen molar-refractivity contribution in [3.8, 4) is 0 Å². The third kappa shape index (κ3) is 4.95. The Hall–Kier alpha value is -2.29. The van der Waals surface area contributed by atoms with E-state index in [1.54, 1.807) is 0 Å². The molecule has 0 saturated heterocycles. The van der Waals surface area contributed by atoms with Gasteiger partial charge in [-0.1, -0.05) is 36.4 Å². The van der Waals surface area contributed by atoms with Gasteiger partial charge in [-0.2, -0.15) is 0 Å². The molecule has 0 saturated carbocycles. The fourth-order valence-corrected chi connectivity index (χ4v) is 2.32. The fraction of sp³-hybridized carbons (Fsp3) is 0.278. The molecule has 2 aromatic carbocycles. The van der Waals surface area contributed by atoms with Crippen LogP contribution in [0.2, 0.25) is 0 Å². The zero-order valence-corrected chi connectivity index (χ0v) is 13.0. The van der Waals surface area contributed by atoms with E-state index in [4.69, 9.17) is 4.99 Å². The van der Waals surface area contributed by atoms with Crippen molar-refractivity contribution in [2.45, 2.75) is 19.9 Å². The van der Waals surface area contributed by atoms with Gasteiger partial charge in [0.1, 0.15) is 0 Å². The topological polar surface area (TPSA) is 27.6 Å². The fourth-order valence-electron chi connectivity index (χ4n) is 2.32. The quantitative estimate of drug-likeness (QED) is 0.661. The molecule has 3 heteroatoms. The van der Waals surface area contributed by atoms with Gasteiger partial charge in [0.2, 0.25) is 0 Å². The lowest BCUT2D eigenvalue weighted by molar-refractivity contribution is 0.719. The molecule has 0 aromatic heterocycles. The summed E-state index contributed by atoms with van der Waals surface area (Å²) in [6, 6.07) is 20.7. The van der Waals surface area contributed by atoms with Crippen LogP contribution >= 0.6 is 0 Å². The van der Waals surface area contributed by atoms with Gasteiger partial charge < -0.3 is 10.2 Å². The van der Waals surface area contributed by atoms with Crippen molar-refractivity contribution in [2.24, 2.45) is 4.99 Å². The van der Waals surface area contributed by atoms with Crippen LogP contribution in [-0.4, -0.2) is 25.5 Å². The second-order valence-corrected chi connectivity index (χ2v) is 5.27. The second kappa shape index (κ2) is 7.48. The van der Waals surface area contributed by atoms with E-state index in [-0.39, 0.29) is 6.04 Å². The number of hydrogen-bond acceptors (Lipinski definition) is 2. The molecule has 0 amide bonds. The van der Waals surface area contributed by atoms with Gasteiger partial charge in [0.25, 0.3) is 0 Å². The van der Waals surface area contributed by atoms with Gasteiger partial charge in [-0.15, -0.1) is 0 Å². The number of aliphatic imine (C=N–C) groups is 1. The Morgan fingerprint density at radius 1 is 1.05 bits per heavy atom. The summed E-state index contributed by atoms with van der Waals surface area (Å²) in [4.78, 5) is 6.93. The second-order valence-electron chi connectivity index (χ2n) is 5.27. The van der Waals surface area contributed by atoms with Crippen molar-refractivity contribution in [1.82, 2.24) is 0 Å². The van der Waals surface area contributed by atoms with Crippen LogP contribution in [-0.2, 0) is 0 Å². The molecule has 21 heavy (non-hydrogen) atoms. The van der Waals surface area contributed by atoms with Crippen LogP contribution in [0.25, 0.3) is 0 Å². The van der Waals surface area contributed by atoms with E-state index in [0.29, 0.717) is 0 Å². The maximum atomic E-state index is 4.70. The van der Waals surface area contributed by atoms with Crippen molar-refractivity contribution < 1.29 is 0 Å². The SMILES string of the molecule is C/C(=N\C(C)CN(C)c1ccccc1)Nc1ccccc1. The molecule has 2 rings (SSSR count). The molecule has 0 spiro atoms. The first-order valence-corrected chi connectivity index (χ1v) is 7.28. The summed E-state index contributed by atoms with van der Waals surface area (Å²) in [7, 11) is 2.10. The lowest BCUT2D eigenvalue weighted by Crippen LogP contribution is -2.27. The first kappa shape index (κ1) is 15.1. The van der Waals surface area contributed by atoms with Gasteiger partial charge in [-0.25, -0.2) is 0 Å². The third-order valence-corrected chi connectivity index (χ3v) is 3.25. The summed E-state index contributed by atoms with van der Waals surface area (Å²) in [6.07, 6.45) is 0. The minimum absolute atomic E-state index is 0.228. The summed E-state index contributed by atoms with van der Waals surface area (Å²) < 4.78 is 0. The standard InChI is InChI=1S/C18H23N3/c1-15(14-21(3)18-12-8-5-9-13-18)19-16(2)20-17-10-6-4-7-11-17/h4-13,15H,14H2,1-3H3,(H,19,20). The van der Waals surface area contributed by atoms with E-state index < -0.39 is 0 Å². The highest BCUT2D eigenvalue weighted by molar-refractivity contribution is 5.93. The largest absolute Gasteiger partial charge is 0.372 e. The summed E-state index contributed by atoms with van der Waals surface area (Å²) in [5.41, 5.74) is 2.29. The molecule has 0 heterocycles. The van der Waals surface area contributed by atoms with Crippen molar-refractivity contribution in [3.63, 3.8) is 0 Å².